The largest absolute Gasteiger partial charge is 0.321 e. The van der Waals surface area contributed by atoms with Crippen molar-refractivity contribution in [2.24, 2.45) is 0 Å². The lowest BCUT2D eigenvalue weighted by atomic mass is 9.88. The topological polar surface area (TPSA) is 37.0 Å². The highest BCUT2D eigenvalue weighted by Crippen LogP contribution is 2.31. The van der Waals surface area contributed by atoms with Gasteiger partial charge in [0.25, 0.3) is 0 Å². The van der Waals surface area contributed by atoms with E-state index in [0.717, 1.165) is 13.0 Å². The van der Waals surface area contributed by atoms with Crippen LogP contribution >= 0.6 is 0 Å². The molecule has 3 nitrogen and oxygen atoms in total. The Kier molecular flexibility index (Phi) is 1.77. The fraction of sp³-hybridized carbons (Fsp3) is 0.364. The summed E-state index contributed by atoms with van der Waals surface area (Å²) in [5, 5.41) is 0. The molecule has 0 unspecified atom stereocenters. The minimum Gasteiger partial charge on any atom is -0.321 e. The molecule has 1 aromatic rings. The minimum absolute atomic E-state index is 1.04. The summed E-state index contributed by atoms with van der Waals surface area (Å²) in [6.07, 6.45) is 7.34. The third-order valence-corrected chi connectivity index (χ3v) is 2.99. The molecule has 2 aliphatic rings. The molecule has 0 atom stereocenters. The van der Waals surface area contributed by atoms with Crippen LogP contribution in [0, 0.1) is 0 Å². The standard InChI is InChI=1S/C11H13N3/c1-2-9-7-12-5-4-10(9)11-8(1)3-6-13-14-11/h4-5,7,13-14H,1-3,6H2. The Labute approximate surface area is 83.2 Å². The van der Waals surface area contributed by atoms with E-state index in [1.807, 2.05) is 12.4 Å². The molecule has 0 fully saturated rings. The Morgan fingerprint density at radius 2 is 2.21 bits per heavy atom. The number of hydrogen-bond donors (Lipinski definition) is 2. The minimum atomic E-state index is 1.04. The quantitative estimate of drug-likeness (QED) is 0.641. The molecule has 3 rings (SSSR count). The van der Waals surface area contributed by atoms with Crippen LogP contribution in [0.15, 0.2) is 24.0 Å². The Bertz CT molecular complexity index is 395. The average molecular weight is 187 g/mol. The summed E-state index contributed by atoms with van der Waals surface area (Å²) in [5.74, 6) is 0. The zero-order chi connectivity index (χ0) is 9.38. The van der Waals surface area contributed by atoms with Gasteiger partial charge in [-0.1, -0.05) is 0 Å². The fourth-order valence-corrected chi connectivity index (χ4v) is 2.24. The van der Waals surface area contributed by atoms with Gasteiger partial charge in [0.15, 0.2) is 0 Å². The Morgan fingerprint density at radius 1 is 1.21 bits per heavy atom. The van der Waals surface area contributed by atoms with E-state index in [4.69, 9.17) is 0 Å². The third-order valence-electron chi connectivity index (χ3n) is 2.99. The van der Waals surface area contributed by atoms with Gasteiger partial charge in [0, 0.05) is 24.5 Å². The lowest BCUT2D eigenvalue weighted by Gasteiger charge is -2.28. The lowest BCUT2D eigenvalue weighted by molar-refractivity contribution is 0.584. The van der Waals surface area contributed by atoms with Crippen LogP contribution in [0.5, 0.6) is 0 Å². The first-order valence-electron chi connectivity index (χ1n) is 5.09. The molecule has 0 saturated heterocycles. The van der Waals surface area contributed by atoms with E-state index in [0.29, 0.717) is 0 Å². The van der Waals surface area contributed by atoms with Crippen molar-refractivity contribution in [3.05, 3.63) is 35.2 Å². The highest BCUT2D eigenvalue weighted by Gasteiger charge is 2.20. The second kappa shape index (κ2) is 3.10. The molecule has 3 heteroatoms. The van der Waals surface area contributed by atoms with Crippen molar-refractivity contribution in [3.8, 4) is 0 Å². The van der Waals surface area contributed by atoms with Crippen molar-refractivity contribution in [3.63, 3.8) is 0 Å². The van der Waals surface area contributed by atoms with Gasteiger partial charge in [-0.3, -0.25) is 4.98 Å². The fourth-order valence-electron chi connectivity index (χ4n) is 2.24. The first kappa shape index (κ1) is 8.00. The normalized spacial score (nSPS) is 19.7. The first-order chi connectivity index (χ1) is 6.95. The molecule has 1 aliphatic carbocycles. The zero-order valence-corrected chi connectivity index (χ0v) is 8.01. The van der Waals surface area contributed by atoms with Crippen LogP contribution in [-0.2, 0) is 6.42 Å². The third kappa shape index (κ3) is 1.13. The van der Waals surface area contributed by atoms with E-state index >= 15 is 0 Å². The van der Waals surface area contributed by atoms with Gasteiger partial charge in [-0.15, -0.1) is 0 Å². The van der Waals surface area contributed by atoms with E-state index in [9.17, 15) is 0 Å². The number of aromatic nitrogens is 1. The molecule has 14 heavy (non-hydrogen) atoms. The van der Waals surface area contributed by atoms with Gasteiger partial charge < -0.3 is 5.43 Å². The van der Waals surface area contributed by atoms with Gasteiger partial charge >= 0.3 is 0 Å². The van der Waals surface area contributed by atoms with Gasteiger partial charge in [0.2, 0.25) is 0 Å². The van der Waals surface area contributed by atoms with Crippen LogP contribution in [0.1, 0.15) is 24.0 Å². The Balaban J connectivity index is 2.13. The molecule has 72 valence electrons. The van der Waals surface area contributed by atoms with Crippen LogP contribution < -0.4 is 10.9 Å². The van der Waals surface area contributed by atoms with Gasteiger partial charge in [-0.25, -0.2) is 5.43 Å². The van der Waals surface area contributed by atoms with E-state index in [-0.39, 0.29) is 0 Å². The molecule has 0 spiro atoms. The van der Waals surface area contributed by atoms with Crippen molar-refractivity contribution in [1.82, 2.24) is 15.8 Å². The smallest absolute Gasteiger partial charge is 0.0556 e. The summed E-state index contributed by atoms with van der Waals surface area (Å²) in [7, 11) is 0. The molecule has 0 amide bonds. The van der Waals surface area contributed by atoms with Crippen molar-refractivity contribution in [2.45, 2.75) is 19.3 Å². The number of fused-ring (bicyclic) bond motifs is 2. The Hall–Kier alpha value is -1.35. The number of aryl methyl sites for hydroxylation is 1. The summed E-state index contributed by atoms with van der Waals surface area (Å²) >= 11 is 0. The number of hydrogen-bond acceptors (Lipinski definition) is 3. The maximum Gasteiger partial charge on any atom is 0.0556 e. The van der Waals surface area contributed by atoms with E-state index < -0.39 is 0 Å². The average Bonchev–Trinajstić information content (AvgIpc) is 2.29. The number of nitrogens with one attached hydrogen (secondary N) is 2. The van der Waals surface area contributed by atoms with Crippen molar-refractivity contribution >= 4 is 5.70 Å². The van der Waals surface area contributed by atoms with Crippen LogP contribution in [0.4, 0.5) is 0 Å². The summed E-state index contributed by atoms with van der Waals surface area (Å²) in [5.41, 5.74) is 12.0. The maximum absolute atomic E-state index is 4.16. The van der Waals surface area contributed by atoms with Crippen LogP contribution in [0.3, 0.4) is 0 Å². The Morgan fingerprint density at radius 3 is 3.21 bits per heavy atom. The first-order valence-corrected chi connectivity index (χ1v) is 5.09. The summed E-state index contributed by atoms with van der Waals surface area (Å²) in [6, 6.07) is 2.10. The summed E-state index contributed by atoms with van der Waals surface area (Å²) in [6.45, 7) is 1.04. The molecular formula is C11H13N3. The van der Waals surface area contributed by atoms with Crippen molar-refractivity contribution in [1.29, 1.82) is 0 Å². The SMILES string of the molecule is c1cc2c(cn1)CCC1=C2NNCC1. The van der Waals surface area contributed by atoms with Crippen molar-refractivity contribution in [2.75, 3.05) is 6.54 Å². The molecule has 2 heterocycles. The molecular weight excluding hydrogens is 174 g/mol. The predicted octanol–water partition coefficient (Wildman–Crippen LogP) is 1.24. The molecule has 0 aromatic carbocycles. The molecule has 0 saturated carbocycles. The second-order valence-electron chi connectivity index (χ2n) is 3.81. The maximum atomic E-state index is 4.16. The molecule has 1 aromatic heterocycles. The van der Waals surface area contributed by atoms with Gasteiger partial charge in [-0.2, -0.15) is 0 Å². The van der Waals surface area contributed by atoms with E-state index in [1.165, 1.54) is 29.7 Å². The van der Waals surface area contributed by atoms with Crippen LogP contribution in [0.25, 0.3) is 5.70 Å². The summed E-state index contributed by atoms with van der Waals surface area (Å²) in [4.78, 5) is 4.16. The van der Waals surface area contributed by atoms with Crippen molar-refractivity contribution < 1.29 is 0 Å². The van der Waals surface area contributed by atoms with Gasteiger partial charge in [0.1, 0.15) is 0 Å². The molecule has 0 radical (unpaired) electrons. The zero-order valence-electron chi connectivity index (χ0n) is 8.01. The van der Waals surface area contributed by atoms with Gasteiger partial charge in [-0.05, 0) is 36.5 Å². The van der Waals surface area contributed by atoms with E-state index in [1.54, 1.807) is 5.57 Å². The molecule has 0 bridgehead atoms. The lowest BCUT2D eigenvalue weighted by Crippen LogP contribution is -2.37. The predicted molar refractivity (Wildman–Crippen MR) is 55.2 cm³/mol. The van der Waals surface area contributed by atoms with Gasteiger partial charge in [0.05, 0.1) is 5.70 Å². The number of rotatable bonds is 0. The number of pyridine rings is 1. The highest BCUT2D eigenvalue weighted by atomic mass is 15.4. The molecule has 1 aliphatic heterocycles. The second-order valence-corrected chi connectivity index (χ2v) is 3.81. The molecule has 2 N–H and O–H groups in total. The van der Waals surface area contributed by atoms with E-state index in [2.05, 4.69) is 21.9 Å². The monoisotopic (exact) mass is 187 g/mol. The number of hydrazine groups is 1. The summed E-state index contributed by atoms with van der Waals surface area (Å²) < 4.78 is 0. The van der Waals surface area contributed by atoms with Crippen LogP contribution in [-0.4, -0.2) is 11.5 Å². The van der Waals surface area contributed by atoms with Crippen LogP contribution in [0.2, 0.25) is 0 Å². The number of nitrogens with zero attached hydrogens (tertiary/aromatic N) is 1. The highest BCUT2D eigenvalue weighted by molar-refractivity contribution is 5.71.